The van der Waals surface area contributed by atoms with Crippen molar-refractivity contribution >= 4 is 44.5 Å². The van der Waals surface area contributed by atoms with Crippen LogP contribution in [0.3, 0.4) is 0 Å². The molecule has 0 radical (unpaired) electrons. The topological polar surface area (TPSA) is 121 Å². The van der Waals surface area contributed by atoms with Crippen LogP contribution in [0.25, 0.3) is 32.0 Å². The predicted octanol–water partition coefficient (Wildman–Crippen LogP) is 5.87. The first kappa shape index (κ1) is 26.2. The number of halogens is 1. The van der Waals surface area contributed by atoms with E-state index in [0.29, 0.717) is 38.0 Å². The summed E-state index contributed by atoms with van der Waals surface area (Å²) in [7, 11) is 1.53. The van der Waals surface area contributed by atoms with Gasteiger partial charge in [0, 0.05) is 17.3 Å². The molecule has 0 fully saturated rings. The molecule has 2 atom stereocenters. The molecule has 200 valence electrons. The van der Waals surface area contributed by atoms with Gasteiger partial charge in [0.25, 0.3) is 5.88 Å². The van der Waals surface area contributed by atoms with E-state index in [0.717, 1.165) is 16.8 Å². The third kappa shape index (κ3) is 5.70. The summed E-state index contributed by atoms with van der Waals surface area (Å²) in [5.41, 5.74) is 4.75. The number of nitrogens with one attached hydrogen (secondary N) is 1. The zero-order valence-corrected chi connectivity index (χ0v) is 22.7. The molecule has 5 aromatic rings. The number of amides is 1. The zero-order chi connectivity index (χ0) is 27.7. The lowest BCUT2D eigenvalue weighted by Gasteiger charge is -2.21. The lowest BCUT2D eigenvalue weighted by atomic mass is 10.1. The number of pyridine rings is 2. The highest BCUT2D eigenvalue weighted by Crippen LogP contribution is 2.35. The molecule has 0 saturated heterocycles. The molecular weight excluding hydrogens is 523 g/mol. The maximum atomic E-state index is 15.0. The Bertz CT molecular complexity index is 1680. The molecule has 0 saturated carbocycles. The molecule has 0 unspecified atom stereocenters. The number of anilines is 1. The zero-order valence-electron chi connectivity index (χ0n) is 21.9. The van der Waals surface area contributed by atoms with Crippen LogP contribution in [0.4, 0.5) is 14.9 Å². The minimum atomic E-state index is -0.702. The van der Waals surface area contributed by atoms with Crippen LogP contribution < -0.4 is 14.8 Å². The van der Waals surface area contributed by atoms with Gasteiger partial charge in [-0.1, -0.05) is 11.3 Å². The van der Waals surface area contributed by atoms with Gasteiger partial charge in [-0.25, -0.2) is 24.1 Å². The van der Waals surface area contributed by atoms with Crippen LogP contribution in [0, 0.1) is 19.7 Å². The van der Waals surface area contributed by atoms with Gasteiger partial charge in [-0.2, -0.15) is 4.98 Å². The number of thiazole rings is 1. The van der Waals surface area contributed by atoms with Crippen LogP contribution in [0.5, 0.6) is 11.8 Å². The predicted molar refractivity (Wildman–Crippen MR) is 146 cm³/mol. The van der Waals surface area contributed by atoms with Crippen LogP contribution in [0.1, 0.15) is 25.1 Å². The fourth-order valence-electron chi connectivity index (χ4n) is 3.76. The molecular formula is C27H25FN6O4S. The second-order valence-corrected chi connectivity index (χ2v) is 9.94. The molecule has 4 aromatic heterocycles. The number of aryl methyl sites for hydroxylation is 2. The minimum Gasteiger partial charge on any atom is -0.480 e. The van der Waals surface area contributed by atoms with Gasteiger partial charge in [0.2, 0.25) is 5.88 Å². The SMILES string of the molecule is COc1cnc2c(-c3nc4cc(F)c(O[C@@H](C)[C@@H](C)OC(=O)Nc5ccc(C)nc5)nc4s3)cc(C)cc2n1. The summed E-state index contributed by atoms with van der Waals surface area (Å²) >= 11 is 1.29. The Kier molecular flexibility index (Phi) is 7.20. The van der Waals surface area contributed by atoms with E-state index in [4.69, 9.17) is 14.2 Å². The molecule has 12 heteroatoms. The van der Waals surface area contributed by atoms with Crippen molar-refractivity contribution in [2.24, 2.45) is 0 Å². The van der Waals surface area contributed by atoms with Gasteiger partial charge >= 0.3 is 6.09 Å². The second kappa shape index (κ2) is 10.7. The van der Waals surface area contributed by atoms with Crippen LogP contribution in [0.15, 0.2) is 42.7 Å². The average Bonchev–Trinajstić information content (AvgIpc) is 3.31. The molecule has 0 bridgehead atoms. The van der Waals surface area contributed by atoms with Gasteiger partial charge in [0.05, 0.1) is 36.2 Å². The Hall–Kier alpha value is -4.45. The van der Waals surface area contributed by atoms with Crippen molar-refractivity contribution in [3.8, 4) is 22.3 Å². The smallest absolute Gasteiger partial charge is 0.412 e. The van der Waals surface area contributed by atoms with E-state index in [-0.39, 0.29) is 5.88 Å². The molecule has 5 rings (SSSR count). The minimum absolute atomic E-state index is 0.206. The van der Waals surface area contributed by atoms with Crippen LogP contribution in [-0.4, -0.2) is 50.3 Å². The molecule has 0 aliphatic heterocycles. The summed E-state index contributed by atoms with van der Waals surface area (Å²) < 4.78 is 31.3. The standard InChI is InChI=1S/C27H25FN6O4S/c1-13-8-18(23-20(9-13)32-22(36-5)12-30-23)25-33-21-10-19(28)24(34-26(21)39-25)37-15(3)16(4)38-27(35)31-17-7-6-14(2)29-11-17/h6-12,15-16H,1-5H3,(H,31,35)/t15-,16+/m0/s1. The first-order valence-corrected chi connectivity index (χ1v) is 12.9. The van der Waals surface area contributed by atoms with Crippen molar-refractivity contribution in [2.45, 2.75) is 39.9 Å². The van der Waals surface area contributed by atoms with Crippen molar-refractivity contribution in [1.82, 2.24) is 24.9 Å². The summed E-state index contributed by atoms with van der Waals surface area (Å²) in [6, 6.07) is 8.63. The average molecular weight is 549 g/mol. The highest BCUT2D eigenvalue weighted by atomic mass is 32.1. The van der Waals surface area contributed by atoms with E-state index in [9.17, 15) is 9.18 Å². The summed E-state index contributed by atoms with van der Waals surface area (Å²) in [4.78, 5) is 34.8. The fraction of sp³-hybridized carbons (Fsp3) is 0.259. The molecule has 0 spiro atoms. The van der Waals surface area contributed by atoms with Crippen LogP contribution in [0.2, 0.25) is 0 Å². The molecule has 1 aromatic carbocycles. The third-order valence-corrected chi connectivity index (χ3v) is 6.92. The monoisotopic (exact) mass is 548 g/mol. The normalized spacial score (nSPS) is 12.8. The maximum Gasteiger partial charge on any atom is 0.412 e. The van der Waals surface area contributed by atoms with Crippen LogP contribution >= 0.6 is 11.3 Å². The largest absolute Gasteiger partial charge is 0.480 e. The Labute approximate surface area is 227 Å². The highest BCUT2D eigenvalue weighted by Gasteiger charge is 2.22. The van der Waals surface area contributed by atoms with Crippen molar-refractivity contribution in [1.29, 1.82) is 0 Å². The Morgan fingerprint density at radius 2 is 1.82 bits per heavy atom. The van der Waals surface area contributed by atoms with Gasteiger partial charge in [-0.3, -0.25) is 10.3 Å². The Morgan fingerprint density at radius 1 is 1.00 bits per heavy atom. The van der Waals surface area contributed by atoms with Gasteiger partial charge in [0.1, 0.15) is 27.6 Å². The van der Waals surface area contributed by atoms with E-state index >= 15 is 0 Å². The molecule has 1 amide bonds. The summed E-state index contributed by atoms with van der Waals surface area (Å²) in [5.74, 6) is -0.472. The van der Waals surface area contributed by atoms with Crippen molar-refractivity contribution < 1.29 is 23.4 Å². The van der Waals surface area contributed by atoms with E-state index in [1.54, 1.807) is 32.2 Å². The molecule has 10 nitrogen and oxygen atoms in total. The number of methoxy groups -OCH3 is 1. The van der Waals surface area contributed by atoms with Gasteiger partial charge < -0.3 is 14.2 Å². The van der Waals surface area contributed by atoms with Crippen molar-refractivity contribution in [3.63, 3.8) is 0 Å². The molecule has 4 heterocycles. The van der Waals surface area contributed by atoms with E-state index in [1.165, 1.54) is 30.7 Å². The van der Waals surface area contributed by atoms with Crippen molar-refractivity contribution in [3.05, 3.63) is 59.8 Å². The molecule has 39 heavy (non-hydrogen) atoms. The fourth-order valence-corrected chi connectivity index (χ4v) is 4.69. The highest BCUT2D eigenvalue weighted by molar-refractivity contribution is 7.21. The molecule has 1 N–H and O–H groups in total. The third-order valence-electron chi connectivity index (χ3n) is 5.92. The van der Waals surface area contributed by atoms with Crippen molar-refractivity contribution in [2.75, 3.05) is 12.4 Å². The number of benzene rings is 1. The number of aromatic nitrogens is 5. The lowest BCUT2D eigenvalue weighted by molar-refractivity contribution is 0.0379. The van der Waals surface area contributed by atoms with E-state index in [2.05, 4.69) is 30.2 Å². The van der Waals surface area contributed by atoms with Gasteiger partial charge in [-0.15, -0.1) is 0 Å². The number of hydrogen-bond donors (Lipinski definition) is 1. The number of fused-ring (bicyclic) bond motifs is 2. The number of hydrogen-bond acceptors (Lipinski definition) is 10. The summed E-state index contributed by atoms with van der Waals surface area (Å²) in [6.45, 7) is 7.11. The molecule has 0 aliphatic rings. The van der Waals surface area contributed by atoms with E-state index < -0.39 is 24.1 Å². The number of rotatable bonds is 7. The van der Waals surface area contributed by atoms with Gasteiger partial charge in [-0.05, 0) is 57.5 Å². The van der Waals surface area contributed by atoms with Gasteiger partial charge in [0.15, 0.2) is 5.82 Å². The maximum absolute atomic E-state index is 15.0. The summed E-state index contributed by atoms with van der Waals surface area (Å²) in [5, 5.41) is 3.22. The Balaban J connectivity index is 1.34. The van der Waals surface area contributed by atoms with E-state index in [1.807, 2.05) is 26.0 Å². The number of nitrogens with zero attached hydrogens (tertiary/aromatic N) is 5. The number of ether oxygens (including phenoxy) is 3. The number of carbonyl (C=O) groups excluding carboxylic acids is 1. The summed E-state index contributed by atoms with van der Waals surface area (Å²) in [6.07, 6.45) is 1.00. The second-order valence-electron chi connectivity index (χ2n) is 8.96. The lowest BCUT2D eigenvalue weighted by Crippen LogP contribution is -2.33. The molecule has 0 aliphatic carbocycles. The first-order valence-electron chi connectivity index (χ1n) is 12.1. The quantitative estimate of drug-likeness (QED) is 0.266. The first-order chi connectivity index (χ1) is 18.7. The Morgan fingerprint density at radius 3 is 2.56 bits per heavy atom. The van der Waals surface area contributed by atoms with Crippen LogP contribution in [-0.2, 0) is 4.74 Å². The number of carbonyl (C=O) groups is 1.